The first-order valence-electron chi connectivity index (χ1n) is 9.03. The molecule has 0 saturated carbocycles. The van der Waals surface area contributed by atoms with Crippen molar-refractivity contribution in [1.29, 1.82) is 0 Å². The zero-order valence-corrected chi connectivity index (χ0v) is 14.2. The van der Waals surface area contributed by atoms with Crippen LogP contribution in [0.25, 0.3) is 0 Å². The minimum atomic E-state index is 0.543. The maximum Gasteiger partial charge on any atom is 0.113 e. The van der Waals surface area contributed by atoms with Crippen molar-refractivity contribution < 1.29 is 4.74 Å². The van der Waals surface area contributed by atoms with Crippen LogP contribution in [0.1, 0.15) is 30.1 Å². The van der Waals surface area contributed by atoms with Gasteiger partial charge in [-0.05, 0) is 30.5 Å². The van der Waals surface area contributed by atoms with Gasteiger partial charge in [0.05, 0.1) is 13.2 Å². The Kier molecular flexibility index (Phi) is 4.81. The van der Waals surface area contributed by atoms with Crippen molar-refractivity contribution in [3.63, 3.8) is 0 Å². The number of fused-ring (bicyclic) bond motifs is 1. The Morgan fingerprint density at radius 3 is 2.79 bits per heavy atom. The molecule has 2 aliphatic heterocycles. The van der Waals surface area contributed by atoms with E-state index in [0.29, 0.717) is 5.92 Å². The van der Waals surface area contributed by atoms with Crippen molar-refractivity contribution >= 4 is 5.69 Å². The van der Waals surface area contributed by atoms with Crippen molar-refractivity contribution in [2.75, 3.05) is 37.7 Å². The molecule has 1 fully saturated rings. The molecule has 0 bridgehead atoms. The predicted octanol–water partition coefficient (Wildman–Crippen LogP) is 2.39. The molecule has 128 valence electrons. The first-order chi connectivity index (χ1) is 11.9. The summed E-state index contributed by atoms with van der Waals surface area (Å²) in [4.78, 5) is 6.93. The third-order valence-electron chi connectivity index (χ3n) is 5.10. The van der Waals surface area contributed by atoms with Gasteiger partial charge in [0.15, 0.2) is 0 Å². The second-order valence-corrected chi connectivity index (χ2v) is 6.71. The first kappa shape index (κ1) is 15.7. The van der Waals surface area contributed by atoms with Crippen LogP contribution in [0.15, 0.2) is 36.7 Å². The number of aromatic nitrogens is 2. The molecule has 1 aromatic carbocycles. The minimum Gasteiger partial charge on any atom is -0.378 e. The zero-order chi connectivity index (χ0) is 16.2. The fourth-order valence-electron chi connectivity index (χ4n) is 3.74. The van der Waals surface area contributed by atoms with Crippen molar-refractivity contribution in [2.24, 2.45) is 0 Å². The number of nitrogens with one attached hydrogen (secondary N) is 1. The highest BCUT2D eigenvalue weighted by Crippen LogP contribution is 2.25. The van der Waals surface area contributed by atoms with Crippen molar-refractivity contribution in [3.8, 4) is 0 Å². The van der Waals surface area contributed by atoms with Crippen LogP contribution in [0.3, 0.4) is 0 Å². The van der Waals surface area contributed by atoms with Crippen LogP contribution in [-0.4, -0.2) is 42.4 Å². The molecule has 5 heteroatoms. The van der Waals surface area contributed by atoms with Gasteiger partial charge in [-0.1, -0.05) is 12.1 Å². The summed E-state index contributed by atoms with van der Waals surface area (Å²) < 4.78 is 7.71. The van der Waals surface area contributed by atoms with E-state index in [1.54, 1.807) is 0 Å². The van der Waals surface area contributed by atoms with Gasteiger partial charge >= 0.3 is 0 Å². The molecule has 0 amide bonds. The SMILES string of the molecule is c1cn2c(n1)[C@@H](CNCc1ccc(N3CCOCC3)cc1)CCC2. The topological polar surface area (TPSA) is 42.3 Å². The largest absolute Gasteiger partial charge is 0.378 e. The number of hydrogen-bond donors (Lipinski definition) is 1. The summed E-state index contributed by atoms with van der Waals surface area (Å²) in [7, 11) is 0. The van der Waals surface area contributed by atoms with Gasteiger partial charge in [0.25, 0.3) is 0 Å². The van der Waals surface area contributed by atoms with Gasteiger partial charge in [0, 0.05) is 56.7 Å². The number of anilines is 1. The molecule has 1 N–H and O–H groups in total. The summed E-state index contributed by atoms with van der Waals surface area (Å²) in [6.07, 6.45) is 6.52. The van der Waals surface area contributed by atoms with Crippen molar-refractivity contribution in [2.45, 2.75) is 31.8 Å². The van der Waals surface area contributed by atoms with E-state index in [4.69, 9.17) is 4.74 Å². The lowest BCUT2D eigenvalue weighted by Gasteiger charge is -2.29. The molecule has 0 spiro atoms. The van der Waals surface area contributed by atoms with Gasteiger partial charge in [0.1, 0.15) is 5.82 Å². The fraction of sp³-hybridized carbons (Fsp3) is 0.526. The number of morpholine rings is 1. The average molecular weight is 326 g/mol. The summed E-state index contributed by atoms with van der Waals surface area (Å²) in [5.74, 6) is 1.79. The smallest absolute Gasteiger partial charge is 0.113 e. The lowest BCUT2D eigenvalue weighted by atomic mass is 9.99. The van der Waals surface area contributed by atoms with E-state index >= 15 is 0 Å². The molecule has 1 atom stereocenters. The number of benzene rings is 1. The second kappa shape index (κ2) is 7.36. The Morgan fingerprint density at radius 2 is 1.96 bits per heavy atom. The van der Waals surface area contributed by atoms with Crippen LogP contribution in [0.5, 0.6) is 0 Å². The normalized spacial score (nSPS) is 20.8. The molecule has 0 radical (unpaired) electrons. The molecule has 1 saturated heterocycles. The molecule has 24 heavy (non-hydrogen) atoms. The molecular weight excluding hydrogens is 300 g/mol. The van der Waals surface area contributed by atoms with Crippen molar-refractivity contribution in [3.05, 3.63) is 48.0 Å². The van der Waals surface area contributed by atoms with Gasteiger partial charge in [-0.3, -0.25) is 0 Å². The third-order valence-corrected chi connectivity index (χ3v) is 5.10. The number of aryl methyl sites for hydroxylation is 1. The number of rotatable bonds is 5. The standard InChI is InChI=1S/C19H26N4O/c1-2-17(19-21-7-9-23(19)8-1)15-20-14-16-3-5-18(6-4-16)22-10-12-24-13-11-22/h3-7,9,17,20H,1-2,8,10-15H2/t17-/m1/s1. The van der Waals surface area contributed by atoms with E-state index in [2.05, 4.69) is 50.2 Å². The summed E-state index contributed by atoms with van der Waals surface area (Å²) in [5, 5.41) is 3.61. The van der Waals surface area contributed by atoms with Crippen LogP contribution in [-0.2, 0) is 17.8 Å². The van der Waals surface area contributed by atoms with E-state index < -0.39 is 0 Å². The Morgan fingerprint density at radius 1 is 1.12 bits per heavy atom. The minimum absolute atomic E-state index is 0.543. The second-order valence-electron chi connectivity index (χ2n) is 6.71. The Balaban J connectivity index is 1.29. The highest BCUT2D eigenvalue weighted by atomic mass is 16.5. The molecule has 0 unspecified atom stereocenters. The Hall–Kier alpha value is -1.85. The molecule has 4 rings (SSSR count). The van der Waals surface area contributed by atoms with E-state index in [9.17, 15) is 0 Å². The molecule has 2 aromatic rings. The first-order valence-corrected chi connectivity index (χ1v) is 9.03. The Labute approximate surface area is 143 Å². The number of hydrogen-bond acceptors (Lipinski definition) is 4. The molecule has 2 aliphatic rings. The number of nitrogens with zero attached hydrogens (tertiary/aromatic N) is 3. The van der Waals surface area contributed by atoms with Crippen LogP contribution >= 0.6 is 0 Å². The molecular formula is C19H26N4O. The highest BCUT2D eigenvalue weighted by molar-refractivity contribution is 5.47. The quantitative estimate of drug-likeness (QED) is 0.916. The third kappa shape index (κ3) is 3.47. The van der Waals surface area contributed by atoms with Crippen LogP contribution in [0.4, 0.5) is 5.69 Å². The molecule has 5 nitrogen and oxygen atoms in total. The summed E-state index contributed by atoms with van der Waals surface area (Å²) in [6.45, 7) is 6.69. The maximum absolute atomic E-state index is 5.42. The number of ether oxygens (including phenoxy) is 1. The lowest BCUT2D eigenvalue weighted by Crippen LogP contribution is -2.36. The fourth-order valence-corrected chi connectivity index (χ4v) is 3.74. The van der Waals surface area contributed by atoms with Crippen LogP contribution in [0, 0.1) is 0 Å². The lowest BCUT2D eigenvalue weighted by molar-refractivity contribution is 0.122. The van der Waals surface area contributed by atoms with E-state index in [0.717, 1.165) is 45.9 Å². The molecule has 3 heterocycles. The molecule has 0 aliphatic carbocycles. The maximum atomic E-state index is 5.42. The Bertz CT molecular complexity index is 646. The molecule has 1 aromatic heterocycles. The van der Waals surface area contributed by atoms with Crippen LogP contribution < -0.4 is 10.2 Å². The highest BCUT2D eigenvalue weighted by Gasteiger charge is 2.20. The van der Waals surface area contributed by atoms with Crippen molar-refractivity contribution in [1.82, 2.24) is 14.9 Å². The average Bonchev–Trinajstić information content (AvgIpc) is 3.13. The van der Waals surface area contributed by atoms with Crippen LogP contribution in [0.2, 0.25) is 0 Å². The number of imidazole rings is 1. The van der Waals surface area contributed by atoms with E-state index in [1.165, 1.54) is 29.9 Å². The summed E-state index contributed by atoms with van der Waals surface area (Å²) in [5.41, 5.74) is 2.64. The van der Waals surface area contributed by atoms with Gasteiger partial charge in [-0.15, -0.1) is 0 Å². The monoisotopic (exact) mass is 326 g/mol. The van der Waals surface area contributed by atoms with Gasteiger partial charge < -0.3 is 19.5 Å². The van der Waals surface area contributed by atoms with Gasteiger partial charge in [-0.25, -0.2) is 4.98 Å². The zero-order valence-electron chi connectivity index (χ0n) is 14.2. The van der Waals surface area contributed by atoms with Gasteiger partial charge in [0.2, 0.25) is 0 Å². The summed E-state index contributed by atoms with van der Waals surface area (Å²) in [6, 6.07) is 8.94. The summed E-state index contributed by atoms with van der Waals surface area (Å²) >= 11 is 0. The predicted molar refractivity (Wildman–Crippen MR) is 95.4 cm³/mol. The van der Waals surface area contributed by atoms with E-state index in [-0.39, 0.29) is 0 Å². The van der Waals surface area contributed by atoms with E-state index in [1.807, 2.05) is 6.20 Å². The van der Waals surface area contributed by atoms with Gasteiger partial charge in [-0.2, -0.15) is 0 Å².